The fraction of sp³-hybridized carbons (Fsp3) is 0.318. The van der Waals surface area contributed by atoms with Gasteiger partial charge in [-0.05, 0) is 35.6 Å². The van der Waals surface area contributed by atoms with Crippen LogP contribution in [0.2, 0.25) is 0 Å². The zero-order valence-electron chi connectivity index (χ0n) is 16.3. The lowest BCUT2D eigenvalue weighted by Gasteiger charge is -2.34. The summed E-state index contributed by atoms with van der Waals surface area (Å²) in [6.45, 7) is 2.76. The molecule has 2 aromatic heterocycles. The molecule has 1 fully saturated rings. The standard InChI is InChI=1S/C22H22N4O2S/c1-28-19-8-9-23-22(24-19)26-12-10-25(11-13-26)21(27)18-14-16-7-6-15-4-2-3-5-17(15)20(16)29-18/h2-5,8-9,14H,6-7,10-13H2,1H3. The van der Waals surface area contributed by atoms with Crippen molar-refractivity contribution in [2.24, 2.45) is 0 Å². The van der Waals surface area contributed by atoms with Gasteiger partial charge in [0.15, 0.2) is 0 Å². The first kappa shape index (κ1) is 18.1. The number of hydrogen-bond acceptors (Lipinski definition) is 6. The number of methoxy groups -OCH3 is 1. The molecule has 1 saturated heterocycles. The van der Waals surface area contributed by atoms with Gasteiger partial charge in [0.1, 0.15) is 0 Å². The summed E-state index contributed by atoms with van der Waals surface area (Å²) in [5.74, 6) is 1.34. The zero-order chi connectivity index (χ0) is 19.8. The summed E-state index contributed by atoms with van der Waals surface area (Å²) in [7, 11) is 1.60. The van der Waals surface area contributed by atoms with Gasteiger partial charge in [-0.1, -0.05) is 24.3 Å². The van der Waals surface area contributed by atoms with E-state index in [0.29, 0.717) is 38.0 Å². The van der Waals surface area contributed by atoms with Gasteiger partial charge in [-0.15, -0.1) is 11.3 Å². The number of benzene rings is 1. The number of thiophene rings is 1. The van der Waals surface area contributed by atoms with E-state index in [1.165, 1.54) is 21.6 Å². The Labute approximate surface area is 173 Å². The molecule has 0 radical (unpaired) electrons. The number of carbonyl (C=O) groups excluding carboxylic acids is 1. The number of anilines is 1. The van der Waals surface area contributed by atoms with Gasteiger partial charge in [-0.25, -0.2) is 4.98 Å². The average Bonchev–Trinajstić information content (AvgIpc) is 3.24. The molecule has 1 aromatic carbocycles. The van der Waals surface area contributed by atoms with Crippen LogP contribution >= 0.6 is 11.3 Å². The molecule has 7 heteroatoms. The molecule has 0 N–H and O–H groups in total. The first-order valence-electron chi connectivity index (χ1n) is 9.85. The Bertz CT molecular complexity index is 1060. The first-order valence-corrected chi connectivity index (χ1v) is 10.7. The monoisotopic (exact) mass is 406 g/mol. The average molecular weight is 407 g/mol. The van der Waals surface area contributed by atoms with Crippen LogP contribution < -0.4 is 9.64 Å². The van der Waals surface area contributed by atoms with E-state index in [1.54, 1.807) is 30.7 Å². The molecule has 5 rings (SSSR count). The molecule has 6 nitrogen and oxygen atoms in total. The molecule has 0 atom stereocenters. The normalized spacial score (nSPS) is 15.6. The number of rotatable bonds is 3. The van der Waals surface area contributed by atoms with Gasteiger partial charge in [-0.3, -0.25) is 4.79 Å². The van der Waals surface area contributed by atoms with Crippen LogP contribution in [-0.2, 0) is 12.8 Å². The number of aromatic nitrogens is 2. The smallest absolute Gasteiger partial charge is 0.264 e. The van der Waals surface area contributed by atoms with Gasteiger partial charge in [0.2, 0.25) is 11.8 Å². The van der Waals surface area contributed by atoms with Gasteiger partial charge in [0, 0.05) is 43.3 Å². The van der Waals surface area contributed by atoms with E-state index < -0.39 is 0 Å². The molecule has 0 unspecified atom stereocenters. The van der Waals surface area contributed by atoms with Gasteiger partial charge in [0.05, 0.1) is 12.0 Å². The van der Waals surface area contributed by atoms with E-state index in [-0.39, 0.29) is 5.91 Å². The molecule has 0 bridgehead atoms. The number of ether oxygens (including phenoxy) is 1. The SMILES string of the molecule is COc1ccnc(N2CCN(C(=O)c3cc4c(s3)-c3ccccc3CC4)CC2)n1. The van der Waals surface area contributed by atoms with Crippen LogP contribution in [0.3, 0.4) is 0 Å². The summed E-state index contributed by atoms with van der Waals surface area (Å²) in [5, 5.41) is 0. The molecule has 148 valence electrons. The van der Waals surface area contributed by atoms with Crippen molar-refractivity contribution in [2.45, 2.75) is 12.8 Å². The lowest BCUT2D eigenvalue weighted by molar-refractivity contribution is 0.0751. The van der Waals surface area contributed by atoms with Crippen molar-refractivity contribution in [3.05, 3.63) is 58.6 Å². The van der Waals surface area contributed by atoms with Crippen LogP contribution in [0.5, 0.6) is 5.88 Å². The van der Waals surface area contributed by atoms with Crippen LogP contribution in [0.25, 0.3) is 10.4 Å². The lowest BCUT2D eigenvalue weighted by Crippen LogP contribution is -2.49. The predicted octanol–water partition coefficient (Wildman–Crippen LogP) is 3.27. The highest BCUT2D eigenvalue weighted by molar-refractivity contribution is 7.17. The minimum Gasteiger partial charge on any atom is -0.481 e. The lowest BCUT2D eigenvalue weighted by atomic mass is 9.91. The molecule has 2 aliphatic rings. The number of piperazine rings is 1. The topological polar surface area (TPSA) is 58.6 Å². The summed E-state index contributed by atoms with van der Waals surface area (Å²) < 4.78 is 5.19. The molecular weight excluding hydrogens is 384 g/mol. The van der Waals surface area contributed by atoms with Gasteiger partial charge in [0.25, 0.3) is 5.91 Å². The molecule has 3 aromatic rings. The van der Waals surface area contributed by atoms with Crippen molar-refractivity contribution in [3.63, 3.8) is 0 Å². The van der Waals surface area contributed by atoms with Crippen molar-refractivity contribution in [1.82, 2.24) is 14.9 Å². The number of hydrogen-bond donors (Lipinski definition) is 0. The first-order chi connectivity index (χ1) is 14.2. The van der Waals surface area contributed by atoms with E-state index in [9.17, 15) is 4.79 Å². The van der Waals surface area contributed by atoms with Crippen molar-refractivity contribution in [1.29, 1.82) is 0 Å². The highest BCUT2D eigenvalue weighted by Gasteiger charge is 2.27. The maximum absolute atomic E-state index is 13.1. The van der Waals surface area contributed by atoms with Gasteiger partial charge >= 0.3 is 0 Å². The minimum absolute atomic E-state index is 0.132. The Hall–Kier alpha value is -2.93. The molecule has 1 aliphatic heterocycles. The Morgan fingerprint density at radius 2 is 1.86 bits per heavy atom. The highest BCUT2D eigenvalue weighted by Crippen LogP contribution is 2.39. The number of nitrogens with zero attached hydrogens (tertiary/aromatic N) is 4. The zero-order valence-corrected chi connectivity index (χ0v) is 17.1. The molecule has 29 heavy (non-hydrogen) atoms. The Balaban J connectivity index is 1.30. The largest absolute Gasteiger partial charge is 0.481 e. The number of fused-ring (bicyclic) bond motifs is 3. The van der Waals surface area contributed by atoms with Crippen LogP contribution in [0.15, 0.2) is 42.6 Å². The van der Waals surface area contributed by atoms with Crippen molar-refractivity contribution in [2.75, 3.05) is 38.2 Å². The van der Waals surface area contributed by atoms with Crippen molar-refractivity contribution < 1.29 is 9.53 Å². The van der Waals surface area contributed by atoms with E-state index in [0.717, 1.165) is 17.7 Å². The number of amides is 1. The second kappa shape index (κ2) is 7.48. The molecule has 3 heterocycles. The summed E-state index contributed by atoms with van der Waals surface area (Å²) in [4.78, 5) is 28.0. The van der Waals surface area contributed by atoms with Crippen LogP contribution in [0, 0.1) is 0 Å². The van der Waals surface area contributed by atoms with Crippen LogP contribution in [0.1, 0.15) is 20.8 Å². The molecular formula is C22H22N4O2S. The quantitative estimate of drug-likeness (QED) is 0.668. The van der Waals surface area contributed by atoms with Crippen molar-refractivity contribution in [3.8, 4) is 16.3 Å². The maximum Gasteiger partial charge on any atom is 0.264 e. The fourth-order valence-electron chi connectivity index (χ4n) is 4.04. The predicted molar refractivity (Wildman–Crippen MR) is 114 cm³/mol. The molecule has 1 aliphatic carbocycles. The minimum atomic E-state index is 0.132. The van der Waals surface area contributed by atoms with Gasteiger partial charge in [-0.2, -0.15) is 4.98 Å². The van der Waals surface area contributed by atoms with Crippen LogP contribution in [0.4, 0.5) is 5.95 Å². The number of carbonyl (C=O) groups is 1. The van der Waals surface area contributed by atoms with Gasteiger partial charge < -0.3 is 14.5 Å². The Morgan fingerprint density at radius 3 is 2.69 bits per heavy atom. The van der Waals surface area contributed by atoms with Crippen molar-refractivity contribution >= 4 is 23.2 Å². The molecule has 0 spiro atoms. The van der Waals surface area contributed by atoms with E-state index >= 15 is 0 Å². The summed E-state index contributed by atoms with van der Waals surface area (Å²) in [6, 6.07) is 12.4. The molecule has 1 amide bonds. The van der Waals surface area contributed by atoms with E-state index in [1.807, 2.05) is 4.90 Å². The fourth-order valence-corrected chi connectivity index (χ4v) is 5.28. The Morgan fingerprint density at radius 1 is 1.07 bits per heavy atom. The summed E-state index contributed by atoms with van der Waals surface area (Å²) >= 11 is 1.64. The number of aryl methyl sites for hydroxylation is 2. The highest BCUT2D eigenvalue weighted by atomic mass is 32.1. The third-order valence-electron chi connectivity index (χ3n) is 5.62. The third-order valence-corrected chi connectivity index (χ3v) is 6.82. The maximum atomic E-state index is 13.1. The van der Waals surface area contributed by atoms with E-state index in [2.05, 4.69) is 45.2 Å². The van der Waals surface area contributed by atoms with Crippen LogP contribution in [-0.4, -0.2) is 54.1 Å². The summed E-state index contributed by atoms with van der Waals surface area (Å²) in [5.41, 5.74) is 3.98. The summed E-state index contributed by atoms with van der Waals surface area (Å²) in [6.07, 6.45) is 3.76. The second-order valence-electron chi connectivity index (χ2n) is 7.30. The molecule has 0 saturated carbocycles. The van der Waals surface area contributed by atoms with E-state index in [4.69, 9.17) is 4.74 Å². The Kier molecular flexibility index (Phi) is 4.67. The third kappa shape index (κ3) is 3.35. The second-order valence-corrected chi connectivity index (χ2v) is 8.35.